The van der Waals surface area contributed by atoms with Crippen LogP contribution in [0.25, 0.3) is 0 Å². The first-order valence-electron chi connectivity index (χ1n) is 7.47. The first kappa shape index (κ1) is 15.1. The lowest BCUT2D eigenvalue weighted by molar-refractivity contribution is 0.0463. The van der Waals surface area contributed by atoms with Crippen LogP contribution in [0, 0.1) is 0 Å². The Morgan fingerprint density at radius 1 is 1.30 bits per heavy atom. The van der Waals surface area contributed by atoms with E-state index in [-0.39, 0.29) is 6.04 Å². The summed E-state index contributed by atoms with van der Waals surface area (Å²) < 4.78 is 1.60. The molecule has 3 heterocycles. The molecular formula is C15H22Cl2N2S. The van der Waals surface area contributed by atoms with E-state index in [0.29, 0.717) is 6.04 Å². The molecule has 0 saturated carbocycles. The predicted molar refractivity (Wildman–Crippen MR) is 88.1 cm³/mol. The molecule has 1 aromatic heterocycles. The monoisotopic (exact) mass is 332 g/mol. The van der Waals surface area contributed by atoms with E-state index in [1.165, 1.54) is 43.4 Å². The standard InChI is InChI=1S/C15H22Cl2N2S/c1-9(13-8-14(16)20-15(13)17)18-10-6-11-4-3-5-12(7-10)19(11)2/h8-12,18H,3-7H2,1-2H3. The molecule has 3 atom stereocenters. The summed E-state index contributed by atoms with van der Waals surface area (Å²) in [5.41, 5.74) is 1.14. The zero-order valence-corrected chi connectivity index (χ0v) is 14.4. The third-order valence-corrected chi connectivity index (χ3v) is 6.49. The molecule has 0 radical (unpaired) electrons. The molecule has 3 unspecified atom stereocenters. The number of rotatable bonds is 3. The fourth-order valence-corrected chi connectivity index (χ4v) is 5.49. The summed E-state index contributed by atoms with van der Waals surface area (Å²) in [4.78, 5) is 2.60. The quantitative estimate of drug-likeness (QED) is 0.861. The molecule has 20 heavy (non-hydrogen) atoms. The van der Waals surface area contributed by atoms with Crippen LogP contribution in [0.2, 0.25) is 8.67 Å². The highest BCUT2D eigenvalue weighted by molar-refractivity contribution is 7.20. The van der Waals surface area contributed by atoms with Gasteiger partial charge in [-0.1, -0.05) is 29.6 Å². The zero-order chi connectivity index (χ0) is 14.3. The van der Waals surface area contributed by atoms with Gasteiger partial charge in [-0.25, -0.2) is 0 Å². The summed E-state index contributed by atoms with van der Waals surface area (Å²) in [6, 6.07) is 4.40. The smallest absolute Gasteiger partial charge is 0.0991 e. The van der Waals surface area contributed by atoms with Gasteiger partial charge in [0.2, 0.25) is 0 Å². The number of hydrogen-bond acceptors (Lipinski definition) is 3. The van der Waals surface area contributed by atoms with E-state index in [0.717, 1.165) is 26.3 Å². The Morgan fingerprint density at radius 2 is 1.95 bits per heavy atom. The van der Waals surface area contributed by atoms with Crippen LogP contribution in [0.4, 0.5) is 0 Å². The highest BCUT2D eigenvalue weighted by atomic mass is 35.5. The molecule has 0 aliphatic carbocycles. The Labute approximate surface area is 135 Å². The summed E-state index contributed by atoms with van der Waals surface area (Å²) in [6.45, 7) is 2.19. The second-order valence-electron chi connectivity index (χ2n) is 6.24. The molecule has 3 rings (SSSR count). The Balaban J connectivity index is 1.65. The molecule has 1 aromatic rings. The van der Waals surface area contributed by atoms with Crippen molar-refractivity contribution < 1.29 is 0 Å². The van der Waals surface area contributed by atoms with Gasteiger partial charge in [-0.05, 0) is 51.3 Å². The van der Waals surface area contributed by atoms with Crippen LogP contribution in [0.5, 0.6) is 0 Å². The van der Waals surface area contributed by atoms with Crippen molar-refractivity contribution in [1.29, 1.82) is 0 Å². The SMILES string of the molecule is CC(NC1CC2CCCC(C1)N2C)c1cc(Cl)sc1Cl. The fourth-order valence-electron chi connectivity index (χ4n) is 3.84. The molecule has 0 amide bonds. The fraction of sp³-hybridized carbons (Fsp3) is 0.733. The number of thiophene rings is 1. The Hall–Kier alpha value is 0.200. The highest BCUT2D eigenvalue weighted by Crippen LogP contribution is 2.37. The number of nitrogens with one attached hydrogen (secondary N) is 1. The first-order chi connectivity index (χ1) is 9.54. The maximum Gasteiger partial charge on any atom is 0.0991 e. The lowest BCUT2D eigenvalue weighted by atomic mass is 9.82. The van der Waals surface area contributed by atoms with Gasteiger partial charge in [0.25, 0.3) is 0 Å². The van der Waals surface area contributed by atoms with E-state index < -0.39 is 0 Å². The second-order valence-corrected chi connectivity index (χ2v) is 8.53. The van der Waals surface area contributed by atoms with Crippen molar-refractivity contribution in [2.75, 3.05) is 7.05 Å². The first-order valence-corrected chi connectivity index (χ1v) is 9.04. The lowest BCUT2D eigenvalue weighted by Crippen LogP contribution is -2.54. The molecule has 0 aromatic carbocycles. The molecule has 2 aliphatic heterocycles. The average molecular weight is 333 g/mol. The molecule has 2 bridgehead atoms. The summed E-state index contributed by atoms with van der Waals surface area (Å²) in [6.07, 6.45) is 6.61. The van der Waals surface area contributed by atoms with Gasteiger partial charge in [0.1, 0.15) is 0 Å². The van der Waals surface area contributed by atoms with Crippen LogP contribution in [-0.4, -0.2) is 30.1 Å². The van der Waals surface area contributed by atoms with Crippen molar-refractivity contribution in [3.8, 4) is 0 Å². The molecule has 2 fully saturated rings. The van der Waals surface area contributed by atoms with Crippen molar-refractivity contribution in [3.63, 3.8) is 0 Å². The van der Waals surface area contributed by atoms with Crippen molar-refractivity contribution in [2.45, 2.75) is 63.2 Å². The van der Waals surface area contributed by atoms with E-state index in [1.54, 1.807) is 0 Å². The maximum atomic E-state index is 6.26. The minimum absolute atomic E-state index is 0.278. The van der Waals surface area contributed by atoms with Gasteiger partial charge in [0.05, 0.1) is 8.67 Å². The van der Waals surface area contributed by atoms with Crippen LogP contribution >= 0.6 is 34.5 Å². The lowest BCUT2D eigenvalue weighted by Gasteiger charge is -2.47. The van der Waals surface area contributed by atoms with Crippen molar-refractivity contribution in [1.82, 2.24) is 10.2 Å². The molecule has 0 spiro atoms. The van der Waals surface area contributed by atoms with E-state index >= 15 is 0 Å². The minimum atomic E-state index is 0.278. The maximum absolute atomic E-state index is 6.26. The molecule has 112 valence electrons. The van der Waals surface area contributed by atoms with Crippen molar-refractivity contribution >= 4 is 34.5 Å². The zero-order valence-electron chi connectivity index (χ0n) is 12.0. The summed E-state index contributed by atoms with van der Waals surface area (Å²) in [5.74, 6) is 0. The number of nitrogens with zero attached hydrogens (tertiary/aromatic N) is 1. The molecule has 1 N–H and O–H groups in total. The minimum Gasteiger partial charge on any atom is -0.307 e. The van der Waals surface area contributed by atoms with Gasteiger partial charge in [0.15, 0.2) is 0 Å². The molecule has 2 saturated heterocycles. The topological polar surface area (TPSA) is 15.3 Å². The van der Waals surface area contributed by atoms with Crippen LogP contribution in [0.1, 0.15) is 50.6 Å². The number of piperidine rings is 2. The largest absolute Gasteiger partial charge is 0.307 e. The van der Waals surface area contributed by atoms with Crippen LogP contribution < -0.4 is 5.32 Å². The van der Waals surface area contributed by atoms with E-state index in [9.17, 15) is 0 Å². The van der Waals surface area contributed by atoms with E-state index in [1.807, 2.05) is 6.07 Å². The third kappa shape index (κ3) is 3.02. The van der Waals surface area contributed by atoms with Gasteiger partial charge < -0.3 is 10.2 Å². The van der Waals surface area contributed by atoms with Gasteiger partial charge >= 0.3 is 0 Å². The predicted octanol–water partition coefficient (Wildman–Crippen LogP) is 4.72. The summed E-state index contributed by atoms with van der Waals surface area (Å²) in [7, 11) is 2.30. The van der Waals surface area contributed by atoms with Gasteiger partial charge in [-0.15, -0.1) is 11.3 Å². The van der Waals surface area contributed by atoms with Gasteiger partial charge in [-0.3, -0.25) is 0 Å². The third-order valence-electron chi connectivity index (χ3n) is 4.98. The van der Waals surface area contributed by atoms with Crippen LogP contribution in [0.3, 0.4) is 0 Å². The van der Waals surface area contributed by atoms with E-state index in [4.69, 9.17) is 23.2 Å². The van der Waals surface area contributed by atoms with E-state index in [2.05, 4.69) is 24.2 Å². The Kier molecular flexibility index (Phi) is 4.63. The number of halogens is 2. The summed E-state index contributed by atoms with van der Waals surface area (Å²) in [5, 5.41) is 3.78. The van der Waals surface area contributed by atoms with Crippen LogP contribution in [0.15, 0.2) is 6.07 Å². The van der Waals surface area contributed by atoms with Gasteiger partial charge in [0, 0.05) is 24.2 Å². The second kappa shape index (κ2) is 6.13. The highest BCUT2D eigenvalue weighted by Gasteiger charge is 2.36. The normalized spacial score (nSPS) is 32.3. The van der Waals surface area contributed by atoms with Gasteiger partial charge in [-0.2, -0.15) is 0 Å². The number of hydrogen-bond donors (Lipinski definition) is 1. The Bertz CT molecular complexity index is 462. The van der Waals surface area contributed by atoms with Crippen molar-refractivity contribution in [3.05, 3.63) is 20.3 Å². The molecule has 2 nitrogen and oxygen atoms in total. The summed E-state index contributed by atoms with van der Waals surface area (Å²) >= 11 is 13.8. The van der Waals surface area contributed by atoms with Crippen molar-refractivity contribution in [2.24, 2.45) is 0 Å². The van der Waals surface area contributed by atoms with Crippen LogP contribution in [-0.2, 0) is 0 Å². The Morgan fingerprint density at radius 3 is 2.50 bits per heavy atom. The molecular weight excluding hydrogens is 311 g/mol. The molecule has 2 aliphatic rings. The molecule has 5 heteroatoms. The number of fused-ring (bicyclic) bond motifs is 2. The average Bonchev–Trinajstić information content (AvgIpc) is 2.70.